The van der Waals surface area contributed by atoms with Gasteiger partial charge in [0.25, 0.3) is 0 Å². The molecule has 5 nitrogen and oxygen atoms in total. The molecular weight excluding hydrogens is 264 g/mol. The first-order valence-electron chi connectivity index (χ1n) is 7.05. The van der Waals surface area contributed by atoms with Crippen LogP contribution >= 0.6 is 0 Å². The summed E-state index contributed by atoms with van der Waals surface area (Å²) in [6.07, 6.45) is 1.97. The second-order valence-electron chi connectivity index (χ2n) is 5.37. The lowest BCUT2D eigenvalue weighted by molar-refractivity contribution is -0.117. The average Bonchev–Trinajstić information content (AvgIpc) is 2.76. The Morgan fingerprint density at radius 2 is 1.95 bits per heavy atom. The minimum atomic E-state index is -0.272. The zero-order valence-electron chi connectivity index (χ0n) is 13.0. The fourth-order valence-electron chi connectivity index (χ4n) is 2.07. The molecule has 1 aromatic heterocycles. The second kappa shape index (κ2) is 6.54. The molecule has 21 heavy (non-hydrogen) atoms. The standard InChI is InChI=1S/C16H22N4O/c1-11-5-7-15(8-6-11)18-16(21)13(3)17-9-14-10-20(4)19-12(14)2/h5-8,10,13,17H,9H2,1-4H3,(H,18,21). The predicted octanol–water partition coefficient (Wildman–Crippen LogP) is 2.15. The third-order valence-electron chi connectivity index (χ3n) is 3.43. The highest BCUT2D eigenvalue weighted by molar-refractivity contribution is 5.94. The molecular formula is C16H22N4O. The van der Waals surface area contributed by atoms with E-state index in [1.807, 2.05) is 58.3 Å². The summed E-state index contributed by atoms with van der Waals surface area (Å²) in [5, 5.41) is 10.4. The molecule has 1 amide bonds. The predicted molar refractivity (Wildman–Crippen MR) is 84.1 cm³/mol. The van der Waals surface area contributed by atoms with E-state index in [4.69, 9.17) is 0 Å². The molecule has 1 aromatic carbocycles. The van der Waals surface area contributed by atoms with Crippen molar-refractivity contribution in [1.29, 1.82) is 0 Å². The maximum atomic E-state index is 12.1. The minimum absolute atomic E-state index is 0.0413. The van der Waals surface area contributed by atoms with Crippen LogP contribution in [-0.4, -0.2) is 21.7 Å². The highest BCUT2D eigenvalue weighted by atomic mass is 16.2. The van der Waals surface area contributed by atoms with Crippen LogP contribution in [0.5, 0.6) is 0 Å². The smallest absolute Gasteiger partial charge is 0.241 e. The molecule has 1 atom stereocenters. The van der Waals surface area contributed by atoms with Gasteiger partial charge in [-0.1, -0.05) is 17.7 Å². The molecule has 0 fully saturated rings. The van der Waals surface area contributed by atoms with Crippen LogP contribution in [0.15, 0.2) is 30.5 Å². The van der Waals surface area contributed by atoms with E-state index in [0.29, 0.717) is 6.54 Å². The van der Waals surface area contributed by atoms with Crippen molar-refractivity contribution in [1.82, 2.24) is 15.1 Å². The summed E-state index contributed by atoms with van der Waals surface area (Å²) in [6.45, 7) is 6.47. The first-order valence-corrected chi connectivity index (χ1v) is 7.05. The van der Waals surface area contributed by atoms with Gasteiger partial charge < -0.3 is 10.6 Å². The van der Waals surface area contributed by atoms with Crippen molar-refractivity contribution in [2.24, 2.45) is 7.05 Å². The molecule has 5 heteroatoms. The van der Waals surface area contributed by atoms with Gasteiger partial charge in [-0.25, -0.2) is 0 Å². The molecule has 1 heterocycles. The van der Waals surface area contributed by atoms with Gasteiger partial charge in [0.05, 0.1) is 11.7 Å². The highest BCUT2D eigenvalue weighted by Gasteiger charge is 2.13. The Kier molecular flexibility index (Phi) is 4.75. The molecule has 0 aliphatic rings. The number of nitrogens with zero attached hydrogens (tertiary/aromatic N) is 2. The number of amides is 1. The number of carbonyl (C=O) groups excluding carboxylic acids is 1. The number of aromatic nitrogens is 2. The summed E-state index contributed by atoms with van der Waals surface area (Å²) in [5.41, 5.74) is 4.08. The number of nitrogens with one attached hydrogen (secondary N) is 2. The number of hydrogen-bond acceptors (Lipinski definition) is 3. The lowest BCUT2D eigenvalue weighted by Gasteiger charge is -2.14. The largest absolute Gasteiger partial charge is 0.325 e. The van der Waals surface area contributed by atoms with Gasteiger partial charge in [0.2, 0.25) is 5.91 Å². The van der Waals surface area contributed by atoms with Gasteiger partial charge in [-0.05, 0) is 32.9 Å². The Morgan fingerprint density at radius 3 is 2.52 bits per heavy atom. The van der Waals surface area contributed by atoms with Crippen molar-refractivity contribution in [3.63, 3.8) is 0 Å². The molecule has 112 valence electrons. The van der Waals surface area contributed by atoms with Crippen LogP contribution in [0, 0.1) is 13.8 Å². The summed E-state index contributed by atoms with van der Waals surface area (Å²) in [7, 11) is 1.89. The zero-order chi connectivity index (χ0) is 15.4. The Labute approximate surface area is 125 Å². The number of benzene rings is 1. The van der Waals surface area contributed by atoms with Crippen LogP contribution in [-0.2, 0) is 18.4 Å². The highest BCUT2D eigenvalue weighted by Crippen LogP contribution is 2.09. The molecule has 2 aromatic rings. The van der Waals surface area contributed by atoms with Crippen LogP contribution in [0.3, 0.4) is 0 Å². The van der Waals surface area contributed by atoms with E-state index < -0.39 is 0 Å². The molecule has 2 rings (SSSR count). The summed E-state index contributed by atoms with van der Waals surface area (Å²) >= 11 is 0. The van der Waals surface area contributed by atoms with Crippen molar-refractivity contribution in [2.75, 3.05) is 5.32 Å². The van der Waals surface area contributed by atoms with Crippen molar-refractivity contribution in [3.8, 4) is 0 Å². The summed E-state index contributed by atoms with van der Waals surface area (Å²) in [4.78, 5) is 12.1. The summed E-state index contributed by atoms with van der Waals surface area (Å²) in [5.74, 6) is -0.0413. The van der Waals surface area contributed by atoms with E-state index in [-0.39, 0.29) is 11.9 Å². The fourth-order valence-corrected chi connectivity index (χ4v) is 2.07. The van der Waals surface area contributed by atoms with E-state index in [9.17, 15) is 4.79 Å². The van der Waals surface area contributed by atoms with Gasteiger partial charge in [-0.2, -0.15) is 5.10 Å². The molecule has 0 saturated heterocycles. The quantitative estimate of drug-likeness (QED) is 0.885. The Bertz CT molecular complexity index is 616. The topological polar surface area (TPSA) is 59.0 Å². The van der Waals surface area contributed by atoms with Crippen LogP contribution in [0.1, 0.15) is 23.7 Å². The molecule has 1 unspecified atom stereocenters. The molecule has 0 aliphatic carbocycles. The average molecular weight is 286 g/mol. The monoisotopic (exact) mass is 286 g/mol. The lowest BCUT2D eigenvalue weighted by Crippen LogP contribution is -2.37. The van der Waals surface area contributed by atoms with Crippen molar-refractivity contribution in [3.05, 3.63) is 47.3 Å². The van der Waals surface area contributed by atoms with E-state index in [1.165, 1.54) is 5.56 Å². The minimum Gasteiger partial charge on any atom is -0.325 e. The Hall–Kier alpha value is -2.14. The number of aryl methyl sites for hydroxylation is 3. The number of anilines is 1. The lowest BCUT2D eigenvalue weighted by atomic mass is 10.2. The van der Waals surface area contributed by atoms with Gasteiger partial charge in [-0.3, -0.25) is 9.48 Å². The van der Waals surface area contributed by atoms with Crippen LogP contribution in [0.4, 0.5) is 5.69 Å². The number of hydrogen-bond donors (Lipinski definition) is 2. The maximum Gasteiger partial charge on any atom is 0.241 e. The normalized spacial score (nSPS) is 12.2. The van der Waals surface area contributed by atoms with E-state index in [1.54, 1.807) is 4.68 Å². The van der Waals surface area contributed by atoms with Gasteiger partial charge in [0.15, 0.2) is 0 Å². The van der Waals surface area contributed by atoms with Gasteiger partial charge in [-0.15, -0.1) is 0 Å². The van der Waals surface area contributed by atoms with Gasteiger partial charge in [0, 0.05) is 31.0 Å². The third-order valence-corrected chi connectivity index (χ3v) is 3.43. The van der Waals surface area contributed by atoms with Gasteiger partial charge in [0.1, 0.15) is 0 Å². The fraction of sp³-hybridized carbons (Fsp3) is 0.375. The number of rotatable bonds is 5. The molecule has 0 bridgehead atoms. The second-order valence-corrected chi connectivity index (χ2v) is 5.37. The number of carbonyl (C=O) groups is 1. The first kappa shape index (κ1) is 15.3. The molecule has 0 spiro atoms. The molecule has 0 aliphatic heterocycles. The van der Waals surface area contributed by atoms with Crippen molar-refractivity contribution >= 4 is 11.6 Å². The van der Waals surface area contributed by atoms with E-state index in [0.717, 1.165) is 16.9 Å². The Morgan fingerprint density at radius 1 is 1.29 bits per heavy atom. The van der Waals surface area contributed by atoms with E-state index >= 15 is 0 Å². The molecule has 2 N–H and O–H groups in total. The third kappa shape index (κ3) is 4.16. The first-order chi connectivity index (χ1) is 9.95. The SMILES string of the molecule is Cc1ccc(NC(=O)C(C)NCc2cn(C)nc2C)cc1. The Balaban J connectivity index is 1.87. The van der Waals surface area contributed by atoms with Crippen molar-refractivity contribution in [2.45, 2.75) is 33.4 Å². The zero-order valence-corrected chi connectivity index (χ0v) is 13.0. The van der Waals surface area contributed by atoms with Crippen LogP contribution < -0.4 is 10.6 Å². The molecule has 0 saturated carbocycles. The van der Waals surface area contributed by atoms with Crippen molar-refractivity contribution < 1.29 is 4.79 Å². The maximum absolute atomic E-state index is 12.1. The van der Waals surface area contributed by atoms with E-state index in [2.05, 4.69) is 15.7 Å². The van der Waals surface area contributed by atoms with Gasteiger partial charge >= 0.3 is 0 Å². The van der Waals surface area contributed by atoms with Crippen LogP contribution in [0.25, 0.3) is 0 Å². The van der Waals surface area contributed by atoms with Crippen LogP contribution in [0.2, 0.25) is 0 Å². The summed E-state index contributed by atoms with van der Waals surface area (Å²) in [6, 6.07) is 7.50. The molecule has 0 radical (unpaired) electrons. The summed E-state index contributed by atoms with van der Waals surface area (Å²) < 4.78 is 1.78.